The van der Waals surface area contributed by atoms with Crippen LogP contribution in [-0.2, 0) is 26.9 Å². The molecule has 0 aliphatic carbocycles. The summed E-state index contributed by atoms with van der Waals surface area (Å²) in [6.07, 6.45) is 1.16. The Labute approximate surface area is 143 Å². The standard InChI is InChI=1S/C16H26FN3O3S/c1-4-18-16(19-8-9-23-5-2)20-11-14-10-15(17)7-6-13(14)12-24(3,21)22/h6-7,10H,4-5,8-9,11-12H2,1-3H3,(H2,18,19,20). The minimum atomic E-state index is -3.20. The molecule has 0 amide bonds. The maximum Gasteiger partial charge on any atom is 0.191 e. The highest BCUT2D eigenvalue weighted by molar-refractivity contribution is 7.89. The maximum atomic E-state index is 13.5. The second-order valence-corrected chi connectivity index (χ2v) is 7.44. The molecule has 1 aromatic rings. The summed E-state index contributed by atoms with van der Waals surface area (Å²) in [6, 6.07) is 4.09. The van der Waals surface area contributed by atoms with Crippen molar-refractivity contribution in [1.29, 1.82) is 0 Å². The fourth-order valence-corrected chi connectivity index (χ4v) is 2.90. The number of aliphatic imine (C=N–C) groups is 1. The summed E-state index contributed by atoms with van der Waals surface area (Å²) < 4.78 is 41.8. The lowest BCUT2D eigenvalue weighted by molar-refractivity contribution is 0.152. The predicted octanol–water partition coefficient (Wildman–Crippen LogP) is 1.46. The molecule has 0 saturated carbocycles. The van der Waals surface area contributed by atoms with Gasteiger partial charge in [-0.25, -0.2) is 17.8 Å². The fraction of sp³-hybridized carbons (Fsp3) is 0.562. The molecule has 0 aliphatic rings. The van der Waals surface area contributed by atoms with Crippen LogP contribution in [0.2, 0.25) is 0 Å². The molecule has 0 aliphatic heterocycles. The Kier molecular flexibility index (Phi) is 8.70. The summed E-state index contributed by atoms with van der Waals surface area (Å²) in [4.78, 5) is 4.39. The lowest BCUT2D eigenvalue weighted by atomic mass is 10.1. The predicted molar refractivity (Wildman–Crippen MR) is 94.3 cm³/mol. The summed E-state index contributed by atoms with van der Waals surface area (Å²) in [6.45, 7) is 6.53. The molecule has 8 heteroatoms. The maximum absolute atomic E-state index is 13.5. The van der Waals surface area contributed by atoms with E-state index in [9.17, 15) is 12.8 Å². The molecule has 0 saturated heterocycles. The zero-order valence-corrected chi connectivity index (χ0v) is 15.2. The normalized spacial score (nSPS) is 12.2. The molecule has 24 heavy (non-hydrogen) atoms. The van der Waals surface area contributed by atoms with Crippen molar-refractivity contribution < 1.29 is 17.5 Å². The number of benzene rings is 1. The van der Waals surface area contributed by atoms with Gasteiger partial charge in [0.05, 0.1) is 18.9 Å². The first-order chi connectivity index (χ1) is 11.4. The molecule has 0 radical (unpaired) electrons. The van der Waals surface area contributed by atoms with Gasteiger partial charge in [0.1, 0.15) is 5.82 Å². The van der Waals surface area contributed by atoms with Gasteiger partial charge >= 0.3 is 0 Å². The van der Waals surface area contributed by atoms with Crippen LogP contribution in [0.1, 0.15) is 25.0 Å². The third-order valence-corrected chi connectivity index (χ3v) is 3.92. The lowest BCUT2D eigenvalue weighted by Gasteiger charge is -2.12. The van der Waals surface area contributed by atoms with Crippen LogP contribution < -0.4 is 10.6 Å². The summed E-state index contributed by atoms with van der Waals surface area (Å²) in [5, 5.41) is 6.19. The average Bonchev–Trinajstić information content (AvgIpc) is 2.50. The molecular weight excluding hydrogens is 333 g/mol. The van der Waals surface area contributed by atoms with Gasteiger partial charge in [-0.15, -0.1) is 0 Å². The van der Waals surface area contributed by atoms with Crippen LogP contribution in [0.3, 0.4) is 0 Å². The fourth-order valence-electron chi connectivity index (χ4n) is 2.06. The number of hydrogen-bond donors (Lipinski definition) is 2. The van der Waals surface area contributed by atoms with Crippen LogP contribution in [0, 0.1) is 5.82 Å². The van der Waals surface area contributed by atoms with Crippen molar-refractivity contribution in [2.24, 2.45) is 4.99 Å². The first kappa shape index (κ1) is 20.4. The number of ether oxygens (including phenoxy) is 1. The molecule has 1 aromatic carbocycles. The van der Waals surface area contributed by atoms with E-state index in [4.69, 9.17) is 4.74 Å². The van der Waals surface area contributed by atoms with Gasteiger partial charge in [0.15, 0.2) is 15.8 Å². The summed E-state index contributed by atoms with van der Waals surface area (Å²) >= 11 is 0. The molecule has 2 N–H and O–H groups in total. The molecule has 136 valence electrons. The van der Waals surface area contributed by atoms with Crippen molar-refractivity contribution in [1.82, 2.24) is 10.6 Å². The van der Waals surface area contributed by atoms with Gasteiger partial charge in [-0.05, 0) is 37.1 Å². The first-order valence-corrected chi connectivity index (χ1v) is 9.96. The third kappa shape index (κ3) is 8.26. The van der Waals surface area contributed by atoms with Gasteiger partial charge in [0.2, 0.25) is 0 Å². The Bertz CT molecular complexity index is 648. The molecular formula is C16H26FN3O3S. The Morgan fingerprint density at radius 3 is 2.62 bits per heavy atom. The molecule has 1 rings (SSSR count). The number of rotatable bonds is 9. The van der Waals surface area contributed by atoms with Crippen LogP contribution >= 0.6 is 0 Å². The Morgan fingerprint density at radius 2 is 2.00 bits per heavy atom. The average molecular weight is 359 g/mol. The highest BCUT2D eigenvalue weighted by Crippen LogP contribution is 2.15. The number of nitrogens with zero attached hydrogens (tertiary/aromatic N) is 1. The molecule has 0 heterocycles. The van der Waals surface area contributed by atoms with E-state index in [0.29, 0.717) is 43.4 Å². The summed E-state index contributed by atoms with van der Waals surface area (Å²) in [5.41, 5.74) is 1.12. The second-order valence-electron chi connectivity index (χ2n) is 5.30. The highest BCUT2D eigenvalue weighted by Gasteiger charge is 2.10. The van der Waals surface area contributed by atoms with E-state index in [0.717, 1.165) is 6.26 Å². The zero-order chi connectivity index (χ0) is 18.0. The molecule has 0 spiro atoms. The number of sulfone groups is 1. The zero-order valence-electron chi connectivity index (χ0n) is 14.4. The van der Waals surface area contributed by atoms with E-state index < -0.39 is 15.7 Å². The quantitative estimate of drug-likeness (QED) is 0.396. The minimum Gasteiger partial charge on any atom is -0.380 e. The monoisotopic (exact) mass is 359 g/mol. The van der Waals surface area contributed by atoms with Gasteiger partial charge in [-0.2, -0.15) is 0 Å². The molecule has 0 fully saturated rings. The van der Waals surface area contributed by atoms with E-state index in [1.807, 2.05) is 13.8 Å². The number of guanidine groups is 1. The van der Waals surface area contributed by atoms with Crippen molar-refractivity contribution in [3.8, 4) is 0 Å². The molecule has 0 unspecified atom stereocenters. The number of hydrogen-bond acceptors (Lipinski definition) is 4. The SMILES string of the molecule is CCNC(=NCc1cc(F)ccc1CS(C)(=O)=O)NCCOCC. The highest BCUT2D eigenvalue weighted by atomic mass is 32.2. The third-order valence-electron chi connectivity index (χ3n) is 3.08. The van der Waals surface area contributed by atoms with Crippen molar-refractivity contribution in [3.05, 3.63) is 35.1 Å². The molecule has 0 atom stereocenters. The van der Waals surface area contributed by atoms with E-state index in [1.54, 1.807) is 0 Å². The van der Waals surface area contributed by atoms with E-state index >= 15 is 0 Å². The molecule has 0 aromatic heterocycles. The van der Waals surface area contributed by atoms with Crippen molar-refractivity contribution >= 4 is 15.8 Å². The number of halogens is 1. The van der Waals surface area contributed by atoms with E-state index in [1.165, 1.54) is 18.2 Å². The lowest BCUT2D eigenvalue weighted by Crippen LogP contribution is -2.39. The second kappa shape index (κ2) is 10.2. The molecule has 6 nitrogen and oxygen atoms in total. The summed E-state index contributed by atoms with van der Waals surface area (Å²) in [7, 11) is -3.20. The first-order valence-electron chi connectivity index (χ1n) is 7.90. The van der Waals surface area contributed by atoms with E-state index in [-0.39, 0.29) is 12.3 Å². The van der Waals surface area contributed by atoms with Crippen LogP contribution in [0.4, 0.5) is 4.39 Å². The molecule has 0 bridgehead atoms. The van der Waals surface area contributed by atoms with Crippen LogP contribution in [0.25, 0.3) is 0 Å². The largest absolute Gasteiger partial charge is 0.380 e. The minimum absolute atomic E-state index is 0.132. The topological polar surface area (TPSA) is 79.8 Å². The van der Waals surface area contributed by atoms with Gasteiger partial charge in [0.25, 0.3) is 0 Å². The Balaban J connectivity index is 2.85. The van der Waals surface area contributed by atoms with Crippen molar-refractivity contribution in [2.45, 2.75) is 26.1 Å². The van der Waals surface area contributed by atoms with Crippen LogP contribution in [0.5, 0.6) is 0 Å². The van der Waals surface area contributed by atoms with Gasteiger partial charge in [0, 0.05) is 26.0 Å². The smallest absolute Gasteiger partial charge is 0.191 e. The Morgan fingerprint density at radius 1 is 1.25 bits per heavy atom. The van der Waals surface area contributed by atoms with Gasteiger partial charge in [-0.3, -0.25) is 0 Å². The van der Waals surface area contributed by atoms with E-state index in [2.05, 4.69) is 15.6 Å². The van der Waals surface area contributed by atoms with Gasteiger partial charge in [-0.1, -0.05) is 6.07 Å². The summed E-state index contributed by atoms with van der Waals surface area (Å²) in [5.74, 6) is 0.0328. The van der Waals surface area contributed by atoms with Crippen molar-refractivity contribution in [2.75, 3.05) is 32.6 Å². The van der Waals surface area contributed by atoms with Crippen LogP contribution in [-0.4, -0.2) is 46.9 Å². The van der Waals surface area contributed by atoms with Crippen molar-refractivity contribution in [3.63, 3.8) is 0 Å². The number of nitrogens with one attached hydrogen (secondary N) is 2. The van der Waals surface area contributed by atoms with Gasteiger partial charge < -0.3 is 15.4 Å². The van der Waals surface area contributed by atoms with Crippen LogP contribution in [0.15, 0.2) is 23.2 Å². The Hall–Kier alpha value is -1.67.